The largest absolute Gasteiger partial charge is 0.382 e. The summed E-state index contributed by atoms with van der Waals surface area (Å²) in [7, 11) is 2.09. The zero-order chi connectivity index (χ0) is 20.5. The van der Waals surface area contributed by atoms with Crippen LogP contribution in [0.2, 0.25) is 0 Å². The Morgan fingerprint density at radius 2 is 1.86 bits per heavy atom. The molecule has 156 valence electrons. The van der Waals surface area contributed by atoms with Crippen LogP contribution in [0.25, 0.3) is 0 Å². The van der Waals surface area contributed by atoms with Gasteiger partial charge in [-0.05, 0) is 55.6 Å². The zero-order valence-corrected chi connectivity index (χ0v) is 17.5. The zero-order valence-electron chi connectivity index (χ0n) is 17.5. The van der Waals surface area contributed by atoms with Crippen molar-refractivity contribution in [2.75, 3.05) is 26.8 Å². The highest BCUT2D eigenvalue weighted by atomic mass is 19.1. The van der Waals surface area contributed by atoms with Gasteiger partial charge >= 0.3 is 0 Å². The van der Waals surface area contributed by atoms with Crippen LogP contribution in [-0.2, 0) is 17.8 Å². The van der Waals surface area contributed by atoms with Crippen molar-refractivity contribution in [3.8, 4) is 0 Å². The number of benzene rings is 2. The van der Waals surface area contributed by atoms with E-state index in [1.807, 2.05) is 19.1 Å². The molecule has 1 atom stereocenters. The Bertz CT molecular complexity index is 781. The molecule has 1 unspecified atom stereocenters. The second-order valence-electron chi connectivity index (χ2n) is 7.64. The predicted octanol–water partition coefficient (Wildman–Crippen LogP) is 4.35. The third-order valence-electron chi connectivity index (χ3n) is 5.07. The van der Waals surface area contributed by atoms with Crippen LogP contribution in [0.5, 0.6) is 0 Å². The van der Waals surface area contributed by atoms with Gasteiger partial charge in [0.05, 0.1) is 12.6 Å². The quantitative estimate of drug-likeness (QED) is 0.571. The fourth-order valence-corrected chi connectivity index (χ4v) is 3.73. The van der Waals surface area contributed by atoms with Crippen LogP contribution < -0.4 is 5.43 Å². The van der Waals surface area contributed by atoms with Crippen LogP contribution in [0.15, 0.2) is 66.4 Å². The van der Waals surface area contributed by atoms with Crippen LogP contribution in [-0.4, -0.2) is 42.8 Å². The first-order valence-electron chi connectivity index (χ1n) is 10.4. The second-order valence-corrected chi connectivity index (χ2v) is 7.64. The van der Waals surface area contributed by atoms with E-state index in [1.165, 1.54) is 17.2 Å². The molecule has 0 bridgehead atoms. The minimum absolute atomic E-state index is 0.180. The van der Waals surface area contributed by atoms with Gasteiger partial charge in [-0.2, -0.15) is 0 Å². The Morgan fingerprint density at radius 3 is 2.62 bits per heavy atom. The van der Waals surface area contributed by atoms with Gasteiger partial charge in [-0.1, -0.05) is 42.5 Å². The Balaban J connectivity index is 1.61. The van der Waals surface area contributed by atoms with Crippen LogP contribution >= 0.6 is 0 Å². The number of rotatable bonds is 11. The molecule has 2 aromatic rings. The summed E-state index contributed by atoms with van der Waals surface area (Å²) in [4.78, 5) is 2.24. The van der Waals surface area contributed by atoms with Crippen molar-refractivity contribution in [2.45, 2.75) is 38.9 Å². The summed E-state index contributed by atoms with van der Waals surface area (Å²) in [6.45, 7) is 5.98. The predicted molar refractivity (Wildman–Crippen MR) is 115 cm³/mol. The van der Waals surface area contributed by atoms with E-state index in [1.54, 1.807) is 12.1 Å². The van der Waals surface area contributed by atoms with Crippen molar-refractivity contribution in [2.24, 2.45) is 0 Å². The van der Waals surface area contributed by atoms with Crippen molar-refractivity contribution in [1.82, 2.24) is 15.3 Å². The molecule has 1 aliphatic heterocycles. The fourth-order valence-electron chi connectivity index (χ4n) is 3.73. The first-order chi connectivity index (χ1) is 14.1. The number of hydrazine groups is 1. The topological polar surface area (TPSA) is 27.7 Å². The molecule has 1 heterocycles. The molecular formula is C24H32FN3O. The number of likely N-dealkylation sites (N-methyl/N-ethyl adjacent to an activating group) is 1. The van der Waals surface area contributed by atoms with E-state index < -0.39 is 0 Å². The average molecular weight is 398 g/mol. The van der Waals surface area contributed by atoms with E-state index in [0.717, 1.165) is 51.3 Å². The highest BCUT2D eigenvalue weighted by Gasteiger charge is 2.24. The summed E-state index contributed by atoms with van der Waals surface area (Å²) in [5.74, 6) is -0.180. The monoisotopic (exact) mass is 397 g/mol. The van der Waals surface area contributed by atoms with Crippen molar-refractivity contribution >= 4 is 0 Å². The van der Waals surface area contributed by atoms with Crippen LogP contribution in [0.4, 0.5) is 4.39 Å². The van der Waals surface area contributed by atoms with E-state index in [0.29, 0.717) is 6.04 Å². The lowest BCUT2D eigenvalue weighted by Gasteiger charge is -2.23. The van der Waals surface area contributed by atoms with Gasteiger partial charge in [0.25, 0.3) is 0 Å². The minimum atomic E-state index is -0.180. The van der Waals surface area contributed by atoms with Crippen LogP contribution in [0.1, 0.15) is 30.9 Å². The Morgan fingerprint density at radius 1 is 1.07 bits per heavy atom. The third kappa shape index (κ3) is 6.96. The van der Waals surface area contributed by atoms with Gasteiger partial charge in [0.15, 0.2) is 0 Å². The summed E-state index contributed by atoms with van der Waals surface area (Å²) in [6.07, 6.45) is 4.29. The number of nitrogens with one attached hydrogen (secondary N) is 1. The fraction of sp³-hybridized carbons (Fsp3) is 0.417. The molecule has 2 aromatic carbocycles. The van der Waals surface area contributed by atoms with Gasteiger partial charge in [-0.3, -0.25) is 4.90 Å². The molecule has 0 saturated heterocycles. The van der Waals surface area contributed by atoms with E-state index in [4.69, 9.17) is 4.74 Å². The summed E-state index contributed by atoms with van der Waals surface area (Å²) >= 11 is 0. The van der Waals surface area contributed by atoms with E-state index >= 15 is 0 Å². The van der Waals surface area contributed by atoms with Crippen molar-refractivity contribution < 1.29 is 9.13 Å². The third-order valence-corrected chi connectivity index (χ3v) is 5.07. The SMILES string of the molecule is CCOCCCC1NN(Cc2ccccc2)C=C1CN(C)Cc1cccc(F)c1. The molecule has 4 nitrogen and oxygen atoms in total. The smallest absolute Gasteiger partial charge is 0.123 e. The van der Waals surface area contributed by atoms with Crippen molar-refractivity contribution in [3.63, 3.8) is 0 Å². The number of halogens is 1. The molecule has 0 aliphatic carbocycles. The first kappa shape index (κ1) is 21.5. The molecule has 1 aliphatic rings. The highest BCUT2D eigenvalue weighted by molar-refractivity contribution is 5.21. The standard InChI is InChI=1S/C24H32FN3O/c1-3-29-14-8-13-24-22(18-27(2)16-21-11-7-12-23(25)15-21)19-28(26-24)17-20-9-5-4-6-10-20/h4-7,9-12,15,19,24,26H,3,8,13-14,16-18H2,1-2H3. The summed E-state index contributed by atoms with van der Waals surface area (Å²) < 4.78 is 19.0. The van der Waals surface area contributed by atoms with Crippen LogP contribution in [0.3, 0.4) is 0 Å². The van der Waals surface area contributed by atoms with Gasteiger partial charge in [0.1, 0.15) is 5.82 Å². The molecule has 0 amide bonds. The maximum absolute atomic E-state index is 13.5. The highest BCUT2D eigenvalue weighted by Crippen LogP contribution is 2.20. The summed E-state index contributed by atoms with van der Waals surface area (Å²) in [6, 6.07) is 17.6. The molecule has 0 spiro atoms. The second kappa shape index (κ2) is 11.1. The number of nitrogens with zero attached hydrogens (tertiary/aromatic N) is 2. The van der Waals surface area contributed by atoms with E-state index in [-0.39, 0.29) is 5.82 Å². The van der Waals surface area contributed by atoms with Gasteiger partial charge in [-0.25, -0.2) is 9.82 Å². The maximum atomic E-state index is 13.5. The summed E-state index contributed by atoms with van der Waals surface area (Å²) in [5, 5.41) is 2.19. The first-order valence-corrected chi connectivity index (χ1v) is 10.4. The van der Waals surface area contributed by atoms with Gasteiger partial charge in [0.2, 0.25) is 0 Å². The molecule has 3 rings (SSSR count). The van der Waals surface area contributed by atoms with E-state index in [9.17, 15) is 4.39 Å². The average Bonchev–Trinajstić information content (AvgIpc) is 3.07. The Kier molecular flexibility index (Phi) is 8.23. The van der Waals surface area contributed by atoms with Crippen molar-refractivity contribution in [3.05, 3.63) is 83.3 Å². The minimum Gasteiger partial charge on any atom is -0.382 e. The van der Waals surface area contributed by atoms with Crippen molar-refractivity contribution in [1.29, 1.82) is 0 Å². The molecule has 1 N–H and O–H groups in total. The Hall–Kier alpha value is -2.21. The Labute approximate surface area is 173 Å². The number of hydrogen-bond acceptors (Lipinski definition) is 4. The molecule has 0 fully saturated rings. The lowest BCUT2D eigenvalue weighted by molar-refractivity contribution is 0.139. The van der Waals surface area contributed by atoms with Crippen LogP contribution in [0, 0.1) is 5.82 Å². The summed E-state index contributed by atoms with van der Waals surface area (Å²) in [5.41, 5.74) is 7.27. The molecule has 5 heteroatoms. The van der Waals surface area contributed by atoms with Gasteiger partial charge in [-0.15, -0.1) is 0 Å². The maximum Gasteiger partial charge on any atom is 0.123 e. The van der Waals surface area contributed by atoms with E-state index in [2.05, 4.69) is 52.8 Å². The molecule has 0 aromatic heterocycles. The molecule has 0 saturated carbocycles. The van der Waals surface area contributed by atoms with Gasteiger partial charge in [0, 0.05) is 32.5 Å². The molecule has 29 heavy (non-hydrogen) atoms. The number of ether oxygens (including phenoxy) is 1. The molecular weight excluding hydrogens is 365 g/mol. The lowest BCUT2D eigenvalue weighted by Crippen LogP contribution is -2.37. The van der Waals surface area contributed by atoms with Gasteiger partial charge < -0.3 is 9.75 Å². The normalized spacial score (nSPS) is 16.5. The lowest BCUT2D eigenvalue weighted by atomic mass is 10.0. The molecule has 0 radical (unpaired) electrons. The number of hydrogen-bond donors (Lipinski definition) is 1.